The molecule has 1 saturated heterocycles. The number of benzene rings is 1. The van der Waals surface area contributed by atoms with Crippen LogP contribution in [0.3, 0.4) is 0 Å². The van der Waals surface area contributed by atoms with Gasteiger partial charge in [-0.1, -0.05) is 25.8 Å². The van der Waals surface area contributed by atoms with Gasteiger partial charge < -0.3 is 10.7 Å². The predicted octanol–water partition coefficient (Wildman–Crippen LogP) is 2.71. The molecule has 3 heterocycles. The summed E-state index contributed by atoms with van der Waals surface area (Å²) in [6, 6.07) is 4.65. The van der Waals surface area contributed by atoms with Gasteiger partial charge in [0.1, 0.15) is 17.0 Å². The van der Waals surface area contributed by atoms with Crippen LogP contribution in [-0.2, 0) is 6.54 Å². The summed E-state index contributed by atoms with van der Waals surface area (Å²) in [6.07, 6.45) is 6.09. The van der Waals surface area contributed by atoms with E-state index in [0.717, 1.165) is 19.4 Å². The van der Waals surface area contributed by atoms with Crippen molar-refractivity contribution < 1.29 is 9.18 Å². The van der Waals surface area contributed by atoms with Crippen molar-refractivity contribution in [3.05, 3.63) is 57.5 Å². The normalized spacial score (nSPS) is 22.2. The zero-order chi connectivity index (χ0) is 22.4. The van der Waals surface area contributed by atoms with Gasteiger partial charge in [0.15, 0.2) is 5.65 Å². The zero-order valence-electron chi connectivity index (χ0n) is 18.1. The molecular formula is C23H27FN6O2. The Morgan fingerprint density at radius 2 is 2.06 bits per heavy atom. The number of carbonyl (C=O) groups is 1. The smallest absolute Gasteiger partial charge is 0.262 e. The van der Waals surface area contributed by atoms with Crippen LogP contribution in [0, 0.1) is 11.7 Å². The first-order valence-electron chi connectivity index (χ1n) is 11.2. The number of H-pyrrole nitrogens is 1. The first kappa shape index (κ1) is 20.8. The van der Waals surface area contributed by atoms with Crippen LogP contribution in [-0.4, -0.2) is 43.6 Å². The van der Waals surface area contributed by atoms with Crippen molar-refractivity contribution in [2.45, 2.75) is 51.1 Å². The van der Waals surface area contributed by atoms with Crippen LogP contribution < -0.4 is 11.3 Å². The monoisotopic (exact) mass is 438 g/mol. The number of hydrogen-bond donors (Lipinski definition) is 2. The van der Waals surface area contributed by atoms with Crippen molar-refractivity contribution in [2.24, 2.45) is 11.7 Å². The number of nitrogens with zero attached hydrogens (tertiary/aromatic N) is 4. The Bertz CT molecular complexity index is 1230. The molecule has 0 bridgehead atoms. The molecule has 3 aromatic rings. The summed E-state index contributed by atoms with van der Waals surface area (Å²) < 4.78 is 16.4. The third-order valence-corrected chi connectivity index (χ3v) is 6.92. The highest BCUT2D eigenvalue weighted by atomic mass is 19.1. The second-order valence-electron chi connectivity index (χ2n) is 9.16. The molecule has 1 aromatic carbocycles. The molecular weight excluding hydrogens is 411 g/mol. The van der Waals surface area contributed by atoms with Crippen molar-refractivity contribution in [2.75, 3.05) is 13.1 Å². The molecule has 1 amide bonds. The first-order valence-corrected chi connectivity index (χ1v) is 11.2. The fourth-order valence-corrected chi connectivity index (χ4v) is 5.17. The minimum absolute atomic E-state index is 0.0342. The number of nitrogens with two attached hydrogens (primary N) is 1. The van der Waals surface area contributed by atoms with Crippen molar-refractivity contribution in [1.82, 2.24) is 24.6 Å². The SMILES string of the molecule is CC1CN(Cc2ccc(C(N)=O)cc2F)CC1c1nc2c(cnn2C2CCCC2)c(=O)[nH]1. The van der Waals surface area contributed by atoms with Crippen molar-refractivity contribution in [3.63, 3.8) is 0 Å². The molecule has 1 aliphatic heterocycles. The van der Waals surface area contributed by atoms with Crippen molar-refractivity contribution >= 4 is 16.9 Å². The number of fused-ring (bicyclic) bond motifs is 1. The van der Waals surface area contributed by atoms with E-state index in [4.69, 9.17) is 10.7 Å². The van der Waals surface area contributed by atoms with E-state index in [1.165, 1.54) is 18.9 Å². The molecule has 2 aromatic heterocycles. The highest BCUT2D eigenvalue weighted by molar-refractivity contribution is 5.92. The van der Waals surface area contributed by atoms with Gasteiger partial charge in [-0.05, 0) is 30.9 Å². The molecule has 2 fully saturated rings. The third kappa shape index (κ3) is 3.70. The summed E-state index contributed by atoms with van der Waals surface area (Å²) in [4.78, 5) is 34.0. The molecule has 0 radical (unpaired) electrons. The molecule has 5 rings (SSSR count). The number of nitrogens with one attached hydrogen (secondary N) is 1. The van der Waals surface area contributed by atoms with Gasteiger partial charge in [-0.3, -0.25) is 14.5 Å². The van der Waals surface area contributed by atoms with Crippen LogP contribution in [0.25, 0.3) is 11.0 Å². The predicted molar refractivity (Wildman–Crippen MR) is 118 cm³/mol. The van der Waals surface area contributed by atoms with E-state index in [2.05, 4.69) is 21.9 Å². The van der Waals surface area contributed by atoms with Gasteiger partial charge in [0.2, 0.25) is 5.91 Å². The number of rotatable bonds is 5. The number of aromatic nitrogens is 4. The number of carbonyl (C=O) groups excluding carboxylic acids is 1. The minimum atomic E-state index is -0.646. The summed E-state index contributed by atoms with van der Waals surface area (Å²) in [5.41, 5.74) is 6.41. The molecule has 2 aliphatic rings. The van der Waals surface area contributed by atoms with Crippen LogP contribution in [0.4, 0.5) is 4.39 Å². The van der Waals surface area contributed by atoms with Gasteiger partial charge in [0.25, 0.3) is 5.56 Å². The number of aromatic amines is 1. The maximum Gasteiger partial charge on any atom is 0.262 e. The van der Waals surface area contributed by atoms with Gasteiger partial charge in [0.05, 0.1) is 12.2 Å². The number of likely N-dealkylation sites (tertiary alicyclic amines) is 1. The van der Waals surface area contributed by atoms with Crippen LogP contribution in [0.5, 0.6) is 0 Å². The van der Waals surface area contributed by atoms with Gasteiger partial charge in [-0.2, -0.15) is 5.10 Å². The summed E-state index contributed by atoms with van der Waals surface area (Å²) in [7, 11) is 0. The fourth-order valence-electron chi connectivity index (χ4n) is 5.17. The molecule has 1 aliphatic carbocycles. The lowest BCUT2D eigenvalue weighted by molar-refractivity contribution is 0.1000. The van der Waals surface area contributed by atoms with Crippen LogP contribution in [0.2, 0.25) is 0 Å². The molecule has 2 atom stereocenters. The Hall–Kier alpha value is -3.07. The van der Waals surface area contributed by atoms with E-state index in [0.29, 0.717) is 41.6 Å². The Balaban J connectivity index is 1.39. The molecule has 8 nitrogen and oxygen atoms in total. The highest BCUT2D eigenvalue weighted by Gasteiger charge is 2.33. The third-order valence-electron chi connectivity index (χ3n) is 6.92. The molecule has 9 heteroatoms. The van der Waals surface area contributed by atoms with E-state index >= 15 is 0 Å². The van der Waals surface area contributed by atoms with E-state index in [1.807, 2.05) is 4.68 Å². The maximum absolute atomic E-state index is 14.5. The lowest BCUT2D eigenvalue weighted by Gasteiger charge is -2.17. The summed E-state index contributed by atoms with van der Waals surface area (Å²) >= 11 is 0. The Labute approximate surface area is 184 Å². The molecule has 168 valence electrons. The quantitative estimate of drug-likeness (QED) is 0.637. The first-order chi connectivity index (χ1) is 15.4. The second-order valence-corrected chi connectivity index (χ2v) is 9.16. The number of halogens is 1. The maximum atomic E-state index is 14.5. The molecule has 1 saturated carbocycles. The molecule has 0 spiro atoms. The van der Waals surface area contributed by atoms with Crippen LogP contribution in [0.1, 0.15) is 66.3 Å². The van der Waals surface area contributed by atoms with Gasteiger partial charge >= 0.3 is 0 Å². The van der Waals surface area contributed by atoms with Gasteiger partial charge in [0, 0.05) is 36.7 Å². The number of primary amides is 1. The number of hydrogen-bond acceptors (Lipinski definition) is 5. The van der Waals surface area contributed by atoms with Crippen LogP contribution >= 0.6 is 0 Å². The lowest BCUT2D eigenvalue weighted by Crippen LogP contribution is -2.22. The summed E-state index contributed by atoms with van der Waals surface area (Å²) in [5.74, 6) is -0.140. The van der Waals surface area contributed by atoms with E-state index in [1.54, 1.807) is 18.3 Å². The average molecular weight is 439 g/mol. The second kappa shape index (κ2) is 8.12. The van der Waals surface area contributed by atoms with Gasteiger partial charge in [-0.25, -0.2) is 14.1 Å². The Kier molecular flexibility index (Phi) is 5.28. The van der Waals surface area contributed by atoms with Gasteiger partial charge in [-0.15, -0.1) is 0 Å². The topological polar surface area (TPSA) is 110 Å². The number of amides is 1. The molecule has 32 heavy (non-hydrogen) atoms. The Morgan fingerprint density at radius 1 is 1.28 bits per heavy atom. The minimum Gasteiger partial charge on any atom is -0.366 e. The van der Waals surface area contributed by atoms with E-state index in [9.17, 15) is 14.0 Å². The average Bonchev–Trinajstić information content (AvgIpc) is 3.49. The standard InChI is InChI=1S/C23H27FN6O2/c1-13-10-29(11-15-7-6-14(20(25)31)8-19(15)24)12-18(13)21-27-22-17(23(32)28-21)9-26-30(22)16-4-2-3-5-16/h6-9,13,16,18H,2-5,10-12H2,1H3,(H2,25,31)(H,27,28,32). The van der Waals surface area contributed by atoms with E-state index in [-0.39, 0.29) is 23.0 Å². The van der Waals surface area contributed by atoms with Crippen LogP contribution in [0.15, 0.2) is 29.2 Å². The highest BCUT2D eigenvalue weighted by Crippen LogP contribution is 2.33. The van der Waals surface area contributed by atoms with E-state index < -0.39 is 11.7 Å². The summed E-state index contributed by atoms with van der Waals surface area (Å²) in [6.45, 7) is 3.95. The van der Waals surface area contributed by atoms with Crippen molar-refractivity contribution in [1.29, 1.82) is 0 Å². The van der Waals surface area contributed by atoms with Crippen molar-refractivity contribution in [3.8, 4) is 0 Å². The largest absolute Gasteiger partial charge is 0.366 e. The zero-order valence-corrected chi connectivity index (χ0v) is 18.1. The summed E-state index contributed by atoms with van der Waals surface area (Å²) in [5, 5.41) is 5.00. The molecule has 2 unspecified atom stereocenters. The molecule has 3 N–H and O–H groups in total. The lowest BCUT2D eigenvalue weighted by atomic mass is 9.97. The fraction of sp³-hybridized carbons (Fsp3) is 0.478. The Morgan fingerprint density at radius 3 is 2.78 bits per heavy atom.